The molecular weight excluding hydrogens is 284 g/mol. The van der Waals surface area contributed by atoms with E-state index in [4.69, 9.17) is 4.52 Å². The number of hydrogen-bond acceptors (Lipinski definition) is 4. The lowest BCUT2D eigenvalue weighted by Gasteiger charge is -2.14. The lowest BCUT2D eigenvalue weighted by molar-refractivity contribution is 0.0938. The van der Waals surface area contributed by atoms with Crippen molar-refractivity contribution in [1.29, 1.82) is 0 Å². The molecule has 0 bridgehead atoms. The van der Waals surface area contributed by atoms with Crippen LogP contribution in [0.2, 0.25) is 0 Å². The molecule has 0 aliphatic rings. The predicted molar refractivity (Wildman–Crippen MR) is 80.8 cm³/mol. The second-order valence-corrected chi connectivity index (χ2v) is 5.28. The molecule has 7 nitrogen and oxygen atoms in total. The van der Waals surface area contributed by atoms with Gasteiger partial charge in [-0.3, -0.25) is 4.79 Å². The van der Waals surface area contributed by atoms with Crippen molar-refractivity contribution in [1.82, 2.24) is 20.4 Å². The molecular formula is C15H16N4O3. The minimum Gasteiger partial charge on any atom is -0.361 e. The first-order chi connectivity index (χ1) is 10.5. The van der Waals surface area contributed by atoms with Crippen LogP contribution in [-0.4, -0.2) is 21.0 Å². The van der Waals surface area contributed by atoms with Crippen molar-refractivity contribution < 1.29 is 9.32 Å². The van der Waals surface area contributed by atoms with Crippen LogP contribution in [-0.2, 0) is 0 Å². The molecule has 0 radical (unpaired) electrons. The second kappa shape index (κ2) is 5.18. The fourth-order valence-electron chi connectivity index (χ4n) is 2.48. The average Bonchev–Trinajstić information content (AvgIpc) is 2.99. The number of nitrogens with zero attached hydrogens (tertiary/aromatic N) is 1. The summed E-state index contributed by atoms with van der Waals surface area (Å²) in [6, 6.07) is 5.29. The Kier molecular flexibility index (Phi) is 3.32. The Bertz CT molecular complexity index is 884. The van der Waals surface area contributed by atoms with Crippen LogP contribution >= 0.6 is 0 Å². The number of imidazole rings is 1. The summed E-state index contributed by atoms with van der Waals surface area (Å²) in [7, 11) is 0. The number of carbonyl (C=O) groups excluding carboxylic acids is 1. The molecule has 1 atom stereocenters. The number of fused-ring (bicyclic) bond motifs is 1. The average molecular weight is 300 g/mol. The van der Waals surface area contributed by atoms with Crippen LogP contribution < -0.4 is 11.0 Å². The summed E-state index contributed by atoms with van der Waals surface area (Å²) in [5.74, 6) is 0.263. The van der Waals surface area contributed by atoms with Gasteiger partial charge in [0.05, 0.1) is 22.8 Å². The molecule has 0 saturated heterocycles. The number of carbonyl (C=O) groups is 1. The number of H-pyrrole nitrogens is 2. The van der Waals surface area contributed by atoms with E-state index >= 15 is 0 Å². The molecule has 1 amide bonds. The third-order valence-corrected chi connectivity index (χ3v) is 3.65. The SMILES string of the molecule is Cc1noc(C)c1C(=O)N[C@H](C)c1ccc2[nH]c(=O)[nH]c2c1. The highest BCUT2D eigenvalue weighted by Gasteiger charge is 2.19. The first-order valence-corrected chi connectivity index (χ1v) is 6.91. The molecule has 0 spiro atoms. The number of benzene rings is 1. The molecule has 114 valence electrons. The van der Waals surface area contributed by atoms with E-state index in [1.807, 2.05) is 19.1 Å². The van der Waals surface area contributed by atoms with E-state index in [0.717, 1.165) is 11.1 Å². The van der Waals surface area contributed by atoms with Crippen LogP contribution in [0.15, 0.2) is 27.5 Å². The summed E-state index contributed by atoms with van der Waals surface area (Å²) >= 11 is 0. The lowest BCUT2D eigenvalue weighted by atomic mass is 10.1. The highest BCUT2D eigenvalue weighted by atomic mass is 16.5. The maximum atomic E-state index is 12.3. The number of aryl methyl sites for hydroxylation is 2. The van der Waals surface area contributed by atoms with Gasteiger partial charge in [0.1, 0.15) is 11.3 Å². The van der Waals surface area contributed by atoms with E-state index in [1.54, 1.807) is 19.9 Å². The van der Waals surface area contributed by atoms with Gasteiger partial charge in [0.15, 0.2) is 0 Å². The molecule has 0 saturated carbocycles. The quantitative estimate of drug-likeness (QED) is 0.687. The van der Waals surface area contributed by atoms with Gasteiger partial charge in [0.2, 0.25) is 0 Å². The largest absolute Gasteiger partial charge is 0.361 e. The first-order valence-electron chi connectivity index (χ1n) is 6.91. The van der Waals surface area contributed by atoms with Gasteiger partial charge in [-0.05, 0) is 38.5 Å². The number of nitrogens with one attached hydrogen (secondary N) is 3. The topological polar surface area (TPSA) is 104 Å². The number of aromatic nitrogens is 3. The molecule has 1 aromatic carbocycles. The van der Waals surface area contributed by atoms with E-state index in [2.05, 4.69) is 20.4 Å². The van der Waals surface area contributed by atoms with Crippen LogP contribution in [0.1, 0.15) is 40.3 Å². The third-order valence-electron chi connectivity index (χ3n) is 3.65. The van der Waals surface area contributed by atoms with Crippen molar-refractivity contribution in [3.05, 3.63) is 51.3 Å². The monoisotopic (exact) mass is 300 g/mol. The summed E-state index contributed by atoms with van der Waals surface area (Å²) < 4.78 is 5.01. The minimum absolute atomic E-state index is 0.219. The Morgan fingerprint density at radius 1 is 1.27 bits per heavy atom. The molecule has 0 fully saturated rings. The van der Waals surface area contributed by atoms with E-state index in [0.29, 0.717) is 22.5 Å². The first kappa shape index (κ1) is 14.1. The Morgan fingerprint density at radius 3 is 2.68 bits per heavy atom. The molecule has 2 heterocycles. The highest BCUT2D eigenvalue weighted by molar-refractivity contribution is 5.96. The van der Waals surface area contributed by atoms with Crippen molar-refractivity contribution in [2.24, 2.45) is 0 Å². The zero-order valence-electron chi connectivity index (χ0n) is 12.5. The van der Waals surface area contributed by atoms with Gasteiger partial charge in [-0.1, -0.05) is 11.2 Å². The van der Waals surface area contributed by atoms with E-state index < -0.39 is 0 Å². The summed E-state index contributed by atoms with van der Waals surface area (Å²) in [4.78, 5) is 29.0. The summed E-state index contributed by atoms with van der Waals surface area (Å²) in [6.07, 6.45) is 0. The number of hydrogen-bond donors (Lipinski definition) is 3. The Labute approximate surface area is 125 Å². The predicted octanol–water partition coefficient (Wildman–Crippen LogP) is 1.95. The molecule has 7 heteroatoms. The third kappa shape index (κ3) is 2.41. The minimum atomic E-state index is -0.250. The molecule has 0 aliphatic carbocycles. The van der Waals surface area contributed by atoms with Gasteiger partial charge < -0.3 is 19.8 Å². The molecule has 22 heavy (non-hydrogen) atoms. The molecule has 3 aromatic rings. The number of amides is 1. The van der Waals surface area contributed by atoms with E-state index in [1.165, 1.54) is 0 Å². The number of aromatic amines is 2. The summed E-state index contributed by atoms with van der Waals surface area (Å²) in [5, 5.41) is 6.69. The van der Waals surface area contributed by atoms with Crippen molar-refractivity contribution in [2.45, 2.75) is 26.8 Å². The number of rotatable bonds is 3. The maximum Gasteiger partial charge on any atom is 0.323 e. The second-order valence-electron chi connectivity index (χ2n) is 5.28. The van der Waals surface area contributed by atoms with E-state index in [-0.39, 0.29) is 17.6 Å². The summed E-state index contributed by atoms with van der Waals surface area (Å²) in [5.41, 5.74) is 3.11. The summed E-state index contributed by atoms with van der Waals surface area (Å²) in [6.45, 7) is 5.31. The van der Waals surface area contributed by atoms with Crippen LogP contribution in [0.3, 0.4) is 0 Å². The highest BCUT2D eigenvalue weighted by Crippen LogP contribution is 2.19. The Hall–Kier alpha value is -2.83. The van der Waals surface area contributed by atoms with Gasteiger partial charge in [0.25, 0.3) is 5.91 Å². The molecule has 2 aromatic heterocycles. The van der Waals surface area contributed by atoms with Gasteiger partial charge in [-0.15, -0.1) is 0 Å². The lowest BCUT2D eigenvalue weighted by Crippen LogP contribution is -2.27. The smallest absolute Gasteiger partial charge is 0.323 e. The van der Waals surface area contributed by atoms with Crippen molar-refractivity contribution in [2.75, 3.05) is 0 Å². The Morgan fingerprint density at radius 2 is 2.00 bits per heavy atom. The van der Waals surface area contributed by atoms with Crippen LogP contribution in [0.25, 0.3) is 11.0 Å². The zero-order chi connectivity index (χ0) is 15.9. The maximum absolute atomic E-state index is 12.3. The molecule has 3 N–H and O–H groups in total. The fraction of sp³-hybridized carbons (Fsp3) is 0.267. The van der Waals surface area contributed by atoms with Crippen molar-refractivity contribution in [3.8, 4) is 0 Å². The molecule has 0 unspecified atom stereocenters. The van der Waals surface area contributed by atoms with Crippen molar-refractivity contribution >= 4 is 16.9 Å². The van der Waals surface area contributed by atoms with Gasteiger partial charge >= 0.3 is 5.69 Å². The Balaban J connectivity index is 1.85. The molecule has 0 aliphatic heterocycles. The van der Waals surface area contributed by atoms with Gasteiger partial charge in [0, 0.05) is 0 Å². The van der Waals surface area contributed by atoms with Gasteiger partial charge in [-0.2, -0.15) is 0 Å². The van der Waals surface area contributed by atoms with Crippen LogP contribution in [0, 0.1) is 13.8 Å². The van der Waals surface area contributed by atoms with E-state index in [9.17, 15) is 9.59 Å². The van der Waals surface area contributed by atoms with Crippen molar-refractivity contribution in [3.63, 3.8) is 0 Å². The standard InChI is InChI=1S/C15H16N4O3/c1-7(16-14(20)13-8(2)19-22-9(13)3)10-4-5-11-12(6-10)18-15(21)17-11/h4-7H,1-3H3,(H,16,20)(H2,17,18,21)/t7-/m1/s1. The normalized spacial score (nSPS) is 12.5. The van der Waals surface area contributed by atoms with Crippen LogP contribution in [0.4, 0.5) is 0 Å². The van der Waals surface area contributed by atoms with Crippen LogP contribution in [0.5, 0.6) is 0 Å². The van der Waals surface area contributed by atoms with Gasteiger partial charge in [-0.25, -0.2) is 4.79 Å². The molecule has 3 rings (SSSR count). The fourth-order valence-corrected chi connectivity index (χ4v) is 2.48. The zero-order valence-corrected chi connectivity index (χ0v) is 12.5.